The summed E-state index contributed by atoms with van der Waals surface area (Å²) in [5.74, 6) is 0.130. The molecule has 0 aliphatic rings. The minimum Gasteiger partial charge on any atom is -0.339 e. The Labute approximate surface area is 116 Å². The van der Waals surface area contributed by atoms with Gasteiger partial charge >= 0.3 is 0 Å². The maximum Gasteiger partial charge on any atom is 0.224 e. The topological polar surface area (TPSA) is 46.3 Å². The lowest BCUT2D eigenvalue weighted by atomic mass is 9.87. The van der Waals surface area contributed by atoms with Crippen molar-refractivity contribution in [3.05, 3.63) is 35.4 Å². The first-order valence-electron chi connectivity index (χ1n) is 6.95. The van der Waals surface area contributed by atoms with E-state index in [0.29, 0.717) is 19.5 Å². The molecule has 1 amide bonds. The van der Waals surface area contributed by atoms with Gasteiger partial charge in [0.05, 0.1) is 0 Å². The summed E-state index contributed by atoms with van der Waals surface area (Å²) in [6.45, 7) is 10.4. The van der Waals surface area contributed by atoms with Crippen LogP contribution < -0.4 is 5.73 Å². The van der Waals surface area contributed by atoms with Crippen molar-refractivity contribution in [3.8, 4) is 0 Å². The van der Waals surface area contributed by atoms with Gasteiger partial charge in [0.15, 0.2) is 0 Å². The fourth-order valence-electron chi connectivity index (χ4n) is 1.99. The summed E-state index contributed by atoms with van der Waals surface area (Å²) >= 11 is 0. The lowest BCUT2D eigenvalue weighted by Gasteiger charge is -2.22. The number of nitrogens with zero attached hydrogens (tertiary/aromatic N) is 1. The van der Waals surface area contributed by atoms with Gasteiger partial charge in [0.25, 0.3) is 0 Å². The van der Waals surface area contributed by atoms with Crippen LogP contribution in [-0.4, -0.2) is 23.9 Å². The summed E-state index contributed by atoms with van der Waals surface area (Å²) in [6, 6.07) is 8.52. The van der Waals surface area contributed by atoms with Crippen LogP contribution in [0.4, 0.5) is 0 Å². The maximum absolute atomic E-state index is 11.9. The summed E-state index contributed by atoms with van der Waals surface area (Å²) in [6.07, 6.45) is 0.425. The van der Waals surface area contributed by atoms with Crippen LogP contribution in [0.2, 0.25) is 0 Å². The fraction of sp³-hybridized carbons (Fsp3) is 0.562. The highest BCUT2D eigenvalue weighted by Crippen LogP contribution is 2.22. The molecule has 0 fully saturated rings. The van der Waals surface area contributed by atoms with Crippen molar-refractivity contribution in [2.75, 3.05) is 13.1 Å². The molecule has 0 aromatic heterocycles. The fourth-order valence-corrected chi connectivity index (χ4v) is 1.99. The first-order chi connectivity index (χ1) is 8.88. The van der Waals surface area contributed by atoms with Crippen molar-refractivity contribution >= 4 is 5.91 Å². The molecule has 0 saturated carbocycles. The number of amides is 1. The van der Waals surface area contributed by atoms with Gasteiger partial charge in [0, 0.05) is 26.1 Å². The second-order valence-corrected chi connectivity index (χ2v) is 5.89. The van der Waals surface area contributed by atoms with Gasteiger partial charge in [-0.25, -0.2) is 0 Å². The average Bonchev–Trinajstić information content (AvgIpc) is 2.35. The Bertz CT molecular complexity index is 404. The molecule has 3 heteroatoms. The molecule has 0 radical (unpaired) electrons. The van der Waals surface area contributed by atoms with Crippen LogP contribution in [0.5, 0.6) is 0 Å². The van der Waals surface area contributed by atoms with Crippen molar-refractivity contribution in [1.29, 1.82) is 0 Å². The second kappa shape index (κ2) is 6.71. The summed E-state index contributed by atoms with van der Waals surface area (Å²) in [4.78, 5) is 13.7. The Morgan fingerprint density at radius 3 is 2.21 bits per heavy atom. The Morgan fingerprint density at radius 1 is 1.21 bits per heavy atom. The van der Waals surface area contributed by atoms with E-state index in [1.54, 1.807) is 0 Å². The SMILES string of the molecule is CCN(Cc1ccc(C(C)(C)C)cc1)C(=O)CCN. The minimum atomic E-state index is 0.130. The van der Waals surface area contributed by atoms with Crippen LogP contribution in [0.1, 0.15) is 45.2 Å². The number of benzene rings is 1. The monoisotopic (exact) mass is 262 g/mol. The predicted molar refractivity (Wildman–Crippen MR) is 79.9 cm³/mol. The number of nitrogens with two attached hydrogens (primary N) is 1. The highest BCUT2D eigenvalue weighted by molar-refractivity contribution is 5.76. The molecule has 0 aliphatic heterocycles. The van der Waals surface area contributed by atoms with Gasteiger partial charge in [-0.05, 0) is 23.5 Å². The zero-order valence-corrected chi connectivity index (χ0v) is 12.6. The standard InChI is InChI=1S/C16H26N2O/c1-5-18(15(19)10-11-17)12-13-6-8-14(9-7-13)16(2,3)4/h6-9H,5,10-12,17H2,1-4H3. The number of hydrogen-bond donors (Lipinski definition) is 1. The van der Waals surface area contributed by atoms with Crippen LogP contribution in [0.15, 0.2) is 24.3 Å². The van der Waals surface area contributed by atoms with Crippen LogP contribution in [0.25, 0.3) is 0 Å². The molecule has 0 aliphatic carbocycles. The smallest absolute Gasteiger partial charge is 0.224 e. The summed E-state index contributed by atoms with van der Waals surface area (Å²) in [5, 5.41) is 0. The molecule has 2 N–H and O–H groups in total. The largest absolute Gasteiger partial charge is 0.339 e. The quantitative estimate of drug-likeness (QED) is 0.886. The Balaban J connectivity index is 2.73. The van der Waals surface area contributed by atoms with E-state index in [1.807, 2.05) is 11.8 Å². The van der Waals surface area contributed by atoms with E-state index >= 15 is 0 Å². The molecule has 19 heavy (non-hydrogen) atoms. The van der Waals surface area contributed by atoms with E-state index in [1.165, 1.54) is 11.1 Å². The molecule has 1 aromatic carbocycles. The van der Waals surface area contributed by atoms with Gasteiger partial charge in [0.1, 0.15) is 0 Å². The molecule has 3 nitrogen and oxygen atoms in total. The highest BCUT2D eigenvalue weighted by Gasteiger charge is 2.14. The van der Waals surface area contributed by atoms with Gasteiger partial charge in [-0.1, -0.05) is 45.0 Å². The van der Waals surface area contributed by atoms with Gasteiger partial charge in [-0.3, -0.25) is 4.79 Å². The number of hydrogen-bond acceptors (Lipinski definition) is 2. The molecule has 0 heterocycles. The van der Waals surface area contributed by atoms with Crippen LogP contribution in [-0.2, 0) is 16.8 Å². The average molecular weight is 262 g/mol. The lowest BCUT2D eigenvalue weighted by Crippen LogP contribution is -2.31. The number of rotatable bonds is 5. The minimum absolute atomic E-state index is 0.130. The summed E-state index contributed by atoms with van der Waals surface area (Å²) in [7, 11) is 0. The third-order valence-corrected chi connectivity index (χ3v) is 3.29. The van der Waals surface area contributed by atoms with Gasteiger partial charge < -0.3 is 10.6 Å². The van der Waals surface area contributed by atoms with E-state index in [2.05, 4.69) is 45.0 Å². The van der Waals surface area contributed by atoms with Crippen molar-refractivity contribution < 1.29 is 4.79 Å². The molecule has 0 spiro atoms. The Hall–Kier alpha value is -1.35. The molecule has 106 valence electrons. The normalized spacial score (nSPS) is 11.4. The van der Waals surface area contributed by atoms with Crippen LogP contribution in [0.3, 0.4) is 0 Å². The molecule has 0 unspecified atom stereocenters. The summed E-state index contributed by atoms with van der Waals surface area (Å²) < 4.78 is 0. The first kappa shape index (κ1) is 15.7. The molecule has 0 saturated heterocycles. The number of carbonyl (C=O) groups is 1. The van der Waals surface area contributed by atoms with Crippen molar-refractivity contribution in [2.45, 2.75) is 46.1 Å². The van der Waals surface area contributed by atoms with E-state index < -0.39 is 0 Å². The van der Waals surface area contributed by atoms with Crippen molar-refractivity contribution in [3.63, 3.8) is 0 Å². The third-order valence-electron chi connectivity index (χ3n) is 3.29. The maximum atomic E-state index is 11.9. The van der Waals surface area contributed by atoms with Crippen molar-refractivity contribution in [2.24, 2.45) is 5.73 Å². The lowest BCUT2D eigenvalue weighted by molar-refractivity contribution is -0.131. The Morgan fingerprint density at radius 2 is 1.79 bits per heavy atom. The molecule has 1 rings (SSSR count). The van der Waals surface area contributed by atoms with Crippen LogP contribution >= 0.6 is 0 Å². The van der Waals surface area contributed by atoms with E-state index in [9.17, 15) is 4.79 Å². The van der Waals surface area contributed by atoms with E-state index in [0.717, 1.165) is 6.54 Å². The van der Waals surface area contributed by atoms with E-state index in [-0.39, 0.29) is 11.3 Å². The van der Waals surface area contributed by atoms with Gasteiger partial charge in [0.2, 0.25) is 5.91 Å². The van der Waals surface area contributed by atoms with Crippen molar-refractivity contribution in [1.82, 2.24) is 4.90 Å². The summed E-state index contributed by atoms with van der Waals surface area (Å²) in [5.41, 5.74) is 8.08. The Kier molecular flexibility index (Phi) is 5.55. The van der Waals surface area contributed by atoms with Crippen LogP contribution in [0, 0.1) is 0 Å². The predicted octanol–water partition coefficient (Wildman–Crippen LogP) is 2.68. The highest BCUT2D eigenvalue weighted by atomic mass is 16.2. The molecule has 1 aromatic rings. The molecular weight excluding hydrogens is 236 g/mol. The number of carbonyl (C=O) groups excluding carboxylic acids is 1. The third kappa shape index (κ3) is 4.67. The van der Waals surface area contributed by atoms with Gasteiger partial charge in [-0.2, -0.15) is 0 Å². The molecule has 0 atom stereocenters. The first-order valence-corrected chi connectivity index (χ1v) is 6.95. The van der Waals surface area contributed by atoms with Gasteiger partial charge in [-0.15, -0.1) is 0 Å². The molecule has 0 bridgehead atoms. The second-order valence-electron chi connectivity index (χ2n) is 5.89. The zero-order chi connectivity index (χ0) is 14.5. The molecular formula is C16H26N2O. The zero-order valence-electron chi connectivity index (χ0n) is 12.6. The van der Waals surface area contributed by atoms with E-state index in [4.69, 9.17) is 5.73 Å².